The molecule has 0 saturated carbocycles. The lowest BCUT2D eigenvalue weighted by atomic mass is 9.79. The average Bonchev–Trinajstić information content (AvgIpc) is 2.38. The van der Waals surface area contributed by atoms with Crippen molar-refractivity contribution >= 4 is 15.8 Å². The van der Waals surface area contributed by atoms with E-state index in [0.29, 0.717) is 5.56 Å². The summed E-state index contributed by atoms with van der Waals surface area (Å²) in [5, 5.41) is 10.4. The van der Waals surface area contributed by atoms with Gasteiger partial charge >= 0.3 is 5.97 Å². The Morgan fingerprint density at radius 1 is 1.38 bits per heavy atom. The van der Waals surface area contributed by atoms with E-state index in [4.69, 9.17) is 4.74 Å². The van der Waals surface area contributed by atoms with Crippen molar-refractivity contribution in [3.8, 4) is 5.75 Å². The van der Waals surface area contributed by atoms with E-state index in [1.165, 1.54) is 13.0 Å². The molecule has 1 aromatic carbocycles. The molecule has 1 aliphatic rings. The quantitative estimate of drug-likeness (QED) is 0.632. The Balaban J connectivity index is 2.63. The fourth-order valence-electron chi connectivity index (χ4n) is 2.89. The Morgan fingerprint density at radius 3 is 2.57 bits per heavy atom. The van der Waals surface area contributed by atoms with Crippen LogP contribution in [0.25, 0.3) is 0 Å². The number of esters is 1. The summed E-state index contributed by atoms with van der Waals surface area (Å²) in [5.41, 5.74) is -0.192. The van der Waals surface area contributed by atoms with Crippen LogP contribution in [0.5, 0.6) is 5.75 Å². The van der Waals surface area contributed by atoms with Crippen LogP contribution in [-0.2, 0) is 14.6 Å². The van der Waals surface area contributed by atoms with E-state index in [9.17, 15) is 18.3 Å². The molecule has 1 aliphatic heterocycles. The van der Waals surface area contributed by atoms with E-state index in [0.717, 1.165) is 0 Å². The monoisotopic (exact) mass is 312 g/mol. The van der Waals surface area contributed by atoms with Crippen LogP contribution in [0.4, 0.5) is 0 Å². The third-order valence-corrected chi connectivity index (χ3v) is 6.06. The van der Waals surface area contributed by atoms with Crippen LogP contribution in [0.2, 0.25) is 0 Å². The lowest BCUT2D eigenvalue weighted by Gasteiger charge is -2.31. The highest BCUT2D eigenvalue weighted by molar-refractivity contribution is 7.91. The first-order valence-corrected chi connectivity index (χ1v) is 8.43. The SMILES string of the molecule is CC(=O)Oc1ccc2c(c1)S(=O)(=O)CC(C)(C)[C@H](O)[C@@H]2C. The third-order valence-electron chi connectivity index (χ3n) is 3.91. The van der Waals surface area contributed by atoms with Crippen molar-refractivity contribution in [2.75, 3.05) is 5.75 Å². The van der Waals surface area contributed by atoms with Gasteiger partial charge in [-0.15, -0.1) is 0 Å². The van der Waals surface area contributed by atoms with Gasteiger partial charge in [0.1, 0.15) is 5.75 Å². The lowest BCUT2D eigenvalue weighted by Crippen LogP contribution is -2.36. The van der Waals surface area contributed by atoms with E-state index >= 15 is 0 Å². The molecule has 1 N–H and O–H groups in total. The van der Waals surface area contributed by atoms with Gasteiger partial charge in [-0.3, -0.25) is 4.79 Å². The van der Waals surface area contributed by atoms with Crippen molar-refractivity contribution in [1.82, 2.24) is 0 Å². The molecule has 0 radical (unpaired) electrons. The molecule has 21 heavy (non-hydrogen) atoms. The molecule has 0 unspecified atom stereocenters. The Hall–Kier alpha value is -1.40. The topological polar surface area (TPSA) is 80.7 Å². The number of carbonyl (C=O) groups excluding carboxylic acids is 1. The van der Waals surface area contributed by atoms with Gasteiger partial charge in [0, 0.05) is 18.3 Å². The van der Waals surface area contributed by atoms with Crippen molar-refractivity contribution in [2.24, 2.45) is 5.41 Å². The molecule has 0 bridgehead atoms. The molecule has 1 aromatic rings. The van der Waals surface area contributed by atoms with Crippen molar-refractivity contribution in [3.05, 3.63) is 23.8 Å². The molecule has 2 atom stereocenters. The van der Waals surface area contributed by atoms with Gasteiger partial charge in [-0.2, -0.15) is 0 Å². The van der Waals surface area contributed by atoms with Gasteiger partial charge in [0.25, 0.3) is 0 Å². The second-order valence-electron chi connectivity index (χ2n) is 6.27. The zero-order valence-electron chi connectivity index (χ0n) is 12.6. The first-order chi connectivity index (χ1) is 9.54. The number of hydrogen-bond donors (Lipinski definition) is 1. The van der Waals surface area contributed by atoms with Crippen LogP contribution in [0.15, 0.2) is 23.1 Å². The summed E-state index contributed by atoms with van der Waals surface area (Å²) >= 11 is 0. The van der Waals surface area contributed by atoms with Crippen molar-refractivity contribution in [2.45, 2.75) is 44.6 Å². The summed E-state index contributed by atoms with van der Waals surface area (Å²) in [6, 6.07) is 4.54. The predicted octanol–water partition coefficient (Wildman–Crippen LogP) is 1.89. The first kappa shape index (κ1) is 16.0. The predicted molar refractivity (Wildman–Crippen MR) is 78.0 cm³/mol. The number of aliphatic hydroxyl groups excluding tert-OH is 1. The number of hydrogen-bond acceptors (Lipinski definition) is 5. The lowest BCUT2D eigenvalue weighted by molar-refractivity contribution is -0.131. The molecule has 0 aromatic heterocycles. The largest absolute Gasteiger partial charge is 0.427 e. The zero-order valence-corrected chi connectivity index (χ0v) is 13.4. The summed E-state index contributed by atoms with van der Waals surface area (Å²) in [6.07, 6.45) is -0.770. The van der Waals surface area contributed by atoms with Crippen LogP contribution in [-0.4, -0.2) is 31.4 Å². The molecule has 2 rings (SSSR count). The zero-order chi connectivity index (χ0) is 16.0. The maximum atomic E-state index is 12.6. The molecular formula is C15H20O5S. The maximum absolute atomic E-state index is 12.6. The Labute approximate surface area is 124 Å². The standard InChI is InChI=1S/C15H20O5S/c1-9-12-6-5-11(20-10(2)16)7-13(12)21(18,19)8-15(3,4)14(9)17/h5-7,9,14,17H,8H2,1-4H3/t9-,14-/m1/s1. The number of sulfone groups is 1. The Bertz CT molecular complexity index is 675. The van der Waals surface area contributed by atoms with Crippen molar-refractivity contribution < 1.29 is 23.1 Å². The number of aliphatic hydroxyl groups is 1. The number of ether oxygens (including phenoxy) is 1. The van der Waals surface area contributed by atoms with Gasteiger partial charge in [-0.05, 0) is 17.7 Å². The van der Waals surface area contributed by atoms with E-state index in [1.807, 2.05) is 0 Å². The van der Waals surface area contributed by atoms with Crippen LogP contribution < -0.4 is 4.74 Å². The molecule has 0 saturated heterocycles. The molecule has 0 fully saturated rings. The molecule has 6 heteroatoms. The molecule has 1 heterocycles. The molecule has 0 spiro atoms. The van der Waals surface area contributed by atoms with Gasteiger partial charge < -0.3 is 9.84 Å². The average molecular weight is 312 g/mol. The second-order valence-corrected chi connectivity index (χ2v) is 8.23. The van der Waals surface area contributed by atoms with Crippen LogP contribution in [0.1, 0.15) is 39.2 Å². The van der Waals surface area contributed by atoms with Gasteiger partial charge in [0.2, 0.25) is 0 Å². The van der Waals surface area contributed by atoms with Gasteiger partial charge in [0.05, 0.1) is 16.8 Å². The number of carbonyl (C=O) groups is 1. The van der Waals surface area contributed by atoms with E-state index < -0.39 is 27.3 Å². The second kappa shape index (κ2) is 5.10. The fourth-order valence-corrected chi connectivity index (χ4v) is 5.10. The highest BCUT2D eigenvalue weighted by atomic mass is 32.2. The van der Waals surface area contributed by atoms with Crippen molar-refractivity contribution in [1.29, 1.82) is 0 Å². The minimum atomic E-state index is -3.56. The number of rotatable bonds is 1. The Morgan fingerprint density at radius 2 is 2.00 bits per heavy atom. The molecule has 5 nitrogen and oxygen atoms in total. The molecule has 0 aliphatic carbocycles. The van der Waals surface area contributed by atoms with Crippen LogP contribution in [0.3, 0.4) is 0 Å². The molecule has 116 valence electrons. The van der Waals surface area contributed by atoms with Gasteiger partial charge in [-0.25, -0.2) is 8.42 Å². The van der Waals surface area contributed by atoms with Gasteiger partial charge in [-0.1, -0.05) is 26.8 Å². The first-order valence-electron chi connectivity index (χ1n) is 6.78. The summed E-state index contributed by atoms with van der Waals surface area (Å²) < 4.78 is 30.1. The third kappa shape index (κ3) is 2.96. The molecular weight excluding hydrogens is 292 g/mol. The molecule has 0 amide bonds. The number of fused-ring (bicyclic) bond motifs is 1. The van der Waals surface area contributed by atoms with Crippen LogP contribution >= 0.6 is 0 Å². The fraction of sp³-hybridized carbons (Fsp3) is 0.533. The summed E-state index contributed by atoms with van der Waals surface area (Å²) in [7, 11) is -3.56. The summed E-state index contributed by atoms with van der Waals surface area (Å²) in [6.45, 7) is 6.54. The normalized spacial score (nSPS) is 26.5. The van der Waals surface area contributed by atoms with E-state index in [-0.39, 0.29) is 22.3 Å². The number of benzene rings is 1. The smallest absolute Gasteiger partial charge is 0.308 e. The maximum Gasteiger partial charge on any atom is 0.308 e. The van der Waals surface area contributed by atoms with Gasteiger partial charge in [0.15, 0.2) is 9.84 Å². The highest BCUT2D eigenvalue weighted by Crippen LogP contribution is 2.42. The minimum absolute atomic E-state index is 0.137. The highest BCUT2D eigenvalue weighted by Gasteiger charge is 2.42. The van der Waals surface area contributed by atoms with E-state index in [1.54, 1.807) is 32.9 Å². The Kier molecular flexibility index (Phi) is 3.88. The van der Waals surface area contributed by atoms with Crippen molar-refractivity contribution in [3.63, 3.8) is 0 Å². The minimum Gasteiger partial charge on any atom is -0.427 e. The summed E-state index contributed by atoms with van der Waals surface area (Å²) in [4.78, 5) is 11.2. The van der Waals surface area contributed by atoms with Crippen LogP contribution in [0, 0.1) is 5.41 Å². The van der Waals surface area contributed by atoms with E-state index in [2.05, 4.69) is 0 Å². The summed E-state index contributed by atoms with van der Waals surface area (Å²) in [5.74, 6) is -0.776.